The van der Waals surface area contributed by atoms with Gasteiger partial charge in [0.2, 0.25) is 0 Å². The molecule has 0 saturated carbocycles. The van der Waals surface area contributed by atoms with Crippen LogP contribution in [0.4, 0.5) is 5.00 Å². The SMILES string of the molecule is C[C@@H]1CCc2c(sc(NC(=O)COC(=O)Cc3ccccc3Cl)c2C#N)C1. The number of thiophene rings is 1. The summed E-state index contributed by atoms with van der Waals surface area (Å²) >= 11 is 7.46. The fourth-order valence-electron chi connectivity index (χ4n) is 3.11. The molecule has 1 aromatic carbocycles. The van der Waals surface area contributed by atoms with E-state index in [1.54, 1.807) is 24.3 Å². The maximum Gasteiger partial charge on any atom is 0.310 e. The Hall–Kier alpha value is -2.36. The molecular formula is C20H19ClN2O3S. The van der Waals surface area contributed by atoms with Crippen molar-refractivity contribution in [3.8, 4) is 6.07 Å². The summed E-state index contributed by atoms with van der Waals surface area (Å²) in [5, 5.41) is 13.2. The minimum absolute atomic E-state index is 0.00157. The fraction of sp³-hybridized carbons (Fsp3) is 0.350. The minimum atomic E-state index is -0.530. The molecule has 1 heterocycles. The number of nitriles is 1. The van der Waals surface area contributed by atoms with Crippen molar-refractivity contribution in [1.82, 2.24) is 0 Å². The number of amides is 1. The van der Waals surface area contributed by atoms with Gasteiger partial charge in [0.25, 0.3) is 5.91 Å². The van der Waals surface area contributed by atoms with Crippen LogP contribution >= 0.6 is 22.9 Å². The molecule has 0 bridgehead atoms. The highest BCUT2D eigenvalue weighted by Gasteiger charge is 2.24. The quantitative estimate of drug-likeness (QED) is 0.763. The Morgan fingerprint density at radius 3 is 2.93 bits per heavy atom. The predicted molar refractivity (Wildman–Crippen MR) is 105 cm³/mol. The van der Waals surface area contributed by atoms with Gasteiger partial charge >= 0.3 is 5.97 Å². The fourth-order valence-corrected chi connectivity index (χ4v) is 4.69. The Labute approximate surface area is 166 Å². The summed E-state index contributed by atoms with van der Waals surface area (Å²) in [6, 6.07) is 9.19. The van der Waals surface area contributed by atoms with Gasteiger partial charge in [-0.1, -0.05) is 36.7 Å². The number of hydrogen-bond acceptors (Lipinski definition) is 5. The van der Waals surface area contributed by atoms with Gasteiger partial charge in [0.05, 0.1) is 12.0 Å². The van der Waals surface area contributed by atoms with Crippen LogP contribution in [0.25, 0.3) is 0 Å². The maximum atomic E-state index is 12.2. The van der Waals surface area contributed by atoms with Gasteiger partial charge in [0.1, 0.15) is 11.1 Å². The molecule has 0 aliphatic heterocycles. The third-order valence-corrected chi connectivity index (χ3v) is 6.07. The summed E-state index contributed by atoms with van der Waals surface area (Å²) in [7, 11) is 0. The Balaban J connectivity index is 1.58. The number of benzene rings is 1. The zero-order valence-corrected chi connectivity index (χ0v) is 16.5. The molecule has 0 unspecified atom stereocenters. The first-order valence-corrected chi connectivity index (χ1v) is 9.91. The van der Waals surface area contributed by atoms with Crippen LogP contribution < -0.4 is 5.32 Å². The lowest BCUT2D eigenvalue weighted by Crippen LogP contribution is -2.21. The zero-order valence-electron chi connectivity index (χ0n) is 14.9. The van der Waals surface area contributed by atoms with Crippen molar-refractivity contribution >= 4 is 39.8 Å². The monoisotopic (exact) mass is 402 g/mol. The number of nitrogens with zero attached hydrogens (tertiary/aromatic N) is 1. The predicted octanol–water partition coefficient (Wildman–Crippen LogP) is 4.12. The van der Waals surface area contributed by atoms with Crippen LogP contribution in [-0.2, 0) is 33.6 Å². The van der Waals surface area contributed by atoms with Crippen LogP contribution in [0.15, 0.2) is 24.3 Å². The third kappa shape index (κ3) is 4.68. The van der Waals surface area contributed by atoms with Crippen molar-refractivity contribution in [2.75, 3.05) is 11.9 Å². The highest BCUT2D eigenvalue weighted by Crippen LogP contribution is 2.39. The van der Waals surface area contributed by atoms with E-state index in [0.29, 0.717) is 27.1 Å². The second-order valence-corrected chi connectivity index (χ2v) is 8.16. The molecule has 1 N–H and O–H groups in total. The first-order chi connectivity index (χ1) is 13.0. The number of hydrogen-bond donors (Lipinski definition) is 1. The highest BCUT2D eigenvalue weighted by molar-refractivity contribution is 7.16. The number of fused-ring (bicyclic) bond motifs is 1. The lowest BCUT2D eigenvalue weighted by molar-refractivity contribution is -0.146. The second kappa shape index (κ2) is 8.55. The summed E-state index contributed by atoms with van der Waals surface area (Å²) < 4.78 is 5.04. The van der Waals surface area contributed by atoms with E-state index in [1.165, 1.54) is 11.3 Å². The maximum absolute atomic E-state index is 12.2. The third-order valence-electron chi connectivity index (χ3n) is 4.53. The van der Waals surface area contributed by atoms with Gasteiger partial charge in [-0.2, -0.15) is 5.26 Å². The Kier molecular flexibility index (Phi) is 6.15. The van der Waals surface area contributed by atoms with Gasteiger partial charge in [-0.15, -0.1) is 11.3 Å². The first-order valence-electron chi connectivity index (χ1n) is 8.71. The van der Waals surface area contributed by atoms with Crippen molar-refractivity contribution in [3.63, 3.8) is 0 Å². The van der Waals surface area contributed by atoms with E-state index in [2.05, 4.69) is 18.3 Å². The van der Waals surface area contributed by atoms with E-state index in [1.807, 2.05) is 0 Å². The van der Waals surface area contributed by atoms with Crippen molar-refractivity contribution in [2.45, 2.75) is 32.6 Å². The van der Waals surface area contributed by atoms with Crippen LogP contribution in [0, 0.1) is 17.2 Å². The molecule has 27 heavy (non-hydrogen) atoms. The number of halogens is 1. The molecule has 5 nitrogen and oxygen atoms in total. The minimum Gasteiger partial charge on any atom is -0.455 e. The average Bonchev–Trinajstić information content (AvgIpc) is 2.97. The summed E-state index contributed by atoms with van der Waals surface area (Å²) in [6.07, 6.45) is 2.84. The molecule has 0 fully saturated rings. The molecule has 1 aromatic heterocycles. The number of esters is 1. The summed E-state index contributed by atoms with van der Waals surface area (Å²) in [4.78, 5) is 25.3. The van der Waals surface area contributed by atoms with Crippen LogP contribution in [0.1, 0.15) is 34.9 Å². The molecule has 0 radical (unpaired) electrons. The second-order valence-electron chi connectivity index (χ2n) is 6.64. The molecule has 0 saturated heterocycles. The van der Waals surface area contributed by atoms with Gasteiger partial charge in [-0.25, -0.2) is 0 Å². The summed E-state index contributed by atoms with van der Waals surface area (Å²) in [6.45, 7) is 1.79. The smallest absolute Gasteiger partial charge is 0.310 e. The highest BCUT2D eigenvalue weighted by atomic mass is 35.5. The molecular weight excluding hydrogens is 384 g/mol. The van der Waals surface area contributed by atoms with Gasteiger partial charge in [0.15, 0.2) is 6.61 Å². The van der Waals surface area contributed by atoms with E-state index in [4.69, 9.17) is 16.3 Å². The Morgan fingerprint density at radius 1 is 1.41 bits per heavy atom. The molecule has 0 spiro atoms. The van der Waals surface area contributed by atoms with Crippen molar-refractivity contribution in [2.24, 2.45) is 5.92 Å². The lowest BCUT2D eigenvalue weighted by atomic mass is 9.89. The van der Waals surface area contributed by atoms with E-state index in [0.717, 1.165) is 29.7 Å². The normalized spacial score (nSPS) is 15.5. The number of carbonyl (C=O) groups is 2. The number of ether oxygens (including phenoxy) is 1. The molecule has 1 aliphatic carbocycles. The van der Waals surface area contributed by atoms with E-state index >= 15 is 0 Å². The number of anilines is 1. The van der Waals surface area contributed by atoms with Gasteiger partial charge in [-0.05, 0) is 42.4 Å². The topological polar surface area (TPSA) is 79.2 Å². The lowest BCUT2D eigenvalue weighted by Gasteiger charge is -2.17. The van der Waals surface area contributed by atoms with E-state index in [9.17, 15) is 14.9 Å². The molecule has 3 rings (SSSR count). The van der Waals surface area contributed by atoms with Gasteiger partial charge in [0, 0.05) is 9.90 Å². The van der Waals surface area contributed by atoms with Crippen LogP contribution in [0.2, 0.25) is 5.02 Å². The molecule has 7 heteroatoms. The first kappa shape index (κ1) is 19.4. The van der Waals surface area contributed by atoms with Gasteiger partial charge < -0.3 is 10.1 Å². The van der Waals surface area contributed by atoms with Crippen molar-refractivity contribution < 1.29 is 14.3 Å². The van der Waals surface area contributed by atoms with E-state index < -0.39 is 18.5 Å². The van der Waals surface area contributed by atoms with Crippen LogP contribution in [0.5, 0.6) is 0 Å². The summed E-state index contributed by atoms with van der Waals surface area (Å²) in [5.74, 6) is -0.402. The van der Waals surface area contributed by atoms with E-state index in [-0.39, 0.29) is 6.42 Å². The van der Waals surface area contributed by atoms with Crippen LogP contribution in [-0.4, -0.2) is 18.5 Å². The molecule has 1 aliphatic rings. The Bertz CT molecular complexity index is 916. The average molecular weight is 403 g/mol. The molecule has 2 aromatic rings. The number of nitrogens with one attached hydrogen (secondary N) is 1. The van der Waals surface area contributed by atoms with Crippen LogP contribution in [0.3, 0.4) is 0 Å². The van der Waals surface area contributed by atoms with Crippen molar-refractivity contribution in [3.05, 3.63) is 50.9 Å². The standard InChI is InChI=1S/C20H19ClN2O3S/c1-12-6-7-14-15(10-22)20(27-17(14)8-12)23-18(24)11-26-19(25)9-13-4-2-3-5-16(13)21/h2-5,12H,6-9,11H2,1H3,(H,23,24)/t12-/m1/s1. The molecule has 1 amide bonds. The Morgan fingerprint density at radius 2 is 2.19 bits per heavy atom. The zero-order chi connectivity index (χ0) is 19.4. The van der Waals surface area contributed by atoms with Crippen molar-refractivity contribution in [1.29, 1.82) is 5.26 Å². The molecule has 1 atom stereocenters. The van der Waals surface area contributed by atoms with Gasteiger partial charge in [-0.3, -0.25) is 9.59 Å². The number of carbonyl (C=O) groups excluding carboxylic acids is 2. The largest absolute Gasteiger partial charge is 0.455 e. The molecule has 140 valence electrons. The summed E-state index contributed by atoms with van der Waals surface area (Å²) in [5.41, 5.74) is 2.24. The number of rotatable bonds is 5.